The molecule has 38 heavy (non-hydrogen) atoms. The van der Waals surface area contributed by atoms with Crippen LogP contribution < -0.4 is 5.73 Å². The number of rotatable bonds is 4. The molecule has 1 fully saturated rings. The summed E-state index contributed by atoms with van der Waals surface area (Å²) < 4.78 is 2.09. The maximum atomic E-state index is 12.9. The van der Waals surface area contributed by atoms with Gasteiger partial charge in [0, 0.05) is 47.9 Å². The van der Waals surface area contributed by atoms with E-state index in [-0.39, 0.29) is 11.8 Å². The number of nitrogens with two attached hydrogens (primary N) is 1. The Morgan fingerprint density at radius 1 is 1.05 bits per heavy atom. The van der Waals surface area contributed by atoms with E-state index in [2.05, 4.69) is 62.9 Å². The van der Waals surface area contributed by atoms with Crippen LogP contribution in [0.1, 0.15) is 31.0 Å². The number of amides is 1. The molecule has 1 aliphatic carbocycles. The maximum Gasteiger partial charge on any atom is 0.253 e. The number of carbonyl (C=O) groups excluding carboxylic acids is 1. The molecular weight excluding hydrogens is 472 g/mol. The number of fused-ring (bicyclic) bond motifs is 2. The number of carbonyl (C=O) groups is 1. The summed E-state index contributed by atoms with van der Waals surface area (Å²) in [5.74, 6) is 1.78. The third kappa shape index (κ3) is 3.70. The van der Waals surface area contributed by atoms with E-state index in [1.54, 1.807) is 6.20 Å². The SMILES string of the molecule is Nc1nccn2c(C3CCN(C(=O)C4=CCC=C4)CC3)nc(-c3cc4cccc(-c5ccccc5)c4[nH]3)c12. The molecule has 0 spiro atoms. The van der Waals surface area contributed by atoms with Crippen molar-refractivity contribution < 1.29 is 4.79 Å². The number of H-pyrrole nitrogens is 1. The van der Waals surface area contributed by atoms with Crippen LogP contribution in [0.3, 0.4) is 0 Å². The van der Waals surface area contributed by atoms with Crippen molar-refractivity contribution in [1.82, 2.24) is 24.3 Å². The van der Waals surface area contributed by atoms with Crippen molar-refractivity contribution >= 4 is 28.1 Å². The molecule has 7 rings (SSSR count). The number of likely N-dealkylation sites (tertiary alicyclic amines) is 1. The van der Waals surface area contributed by atoms with Crippen LogP contribution in [0, 0.1) is 0 Å². The van der Waals surface area contributed by atoms with Gasteiger partial charge < -0.3 is 15.6 Å². The number of hydrogen-bond acceptors (Lipinski definition) is 4. The van der Waals surface area contributed by atoms with Gasteiger partial charge in [0.25, 0.3) is 5.91 Å². The van der Waals surface area contributed by atoms with Crippen LogP contribution in [-0.4, -0.2) is 43.2 Å². The van der Waals surface area contributed by atoms with Gasteiger partial charge in [-0.15, -0.1) is 0 Å². The minimum Gasteiger partial charge on any atom is -0.382 e. The number of nitrogens with zero attached hydrogens (tertiary/aromatic N) is 4. The molecule has 1 aliphatic heterocycles. The fourth-order valence-electron chi connectivity index (χ4n) is 5.84. The Morgan fingerprint density at radius 3 is 2.68 bits per heavy atom. The molecule has 0 bridgehead atoms. The quantitative estimate of drug-likeness (QED) is 0.330. The number of hydrogen-bond donors (Lipinski definition) is 2. The number of imidazole rings is 1. The monoisotopic (exact) mass is 500 g/mol. The van der Waals surface area contributed by atoms with E-state index in [1.165, 1.54) is 0 Å². The number of piperidine rings is 1. The molecule has 5 aromatic rings. The fraction of sp³-hybridized carbons (Fsp3) is 0.194. The zero-order chi connectivity index (χ0) is 25.6. The predicted molar refractivity (Wildman–Crippen MR) is 151 cm³/mol. The molecule has 1 amide bonds. The molecule has 3 aromatic heterocycles. The van der Waals surface area contributed by atoms with E-state index in [0.717, 1.165) is 69.6 Å². The first-order valence-corrected chi connectivity index (χ1v) is 13.1. The highest BCUT2D eigenvalue weighted by molar-refractivity contribution is 5.99. The molecule has 0 unspecified atom stereocenters. The fourth-order valence-corrected chi connectivity index (χ4v) is 5.84. The Hall–Kier alpha value is -4.65. The molecule has 2 aromatic carbocycles. The van der Waals surface area contributed by atoms with Gasteiger partial charge in [-0.3, -0.25) is 9.20 Å². The molecular formula is C31H28N6O. The standard InChI is InChI=1S/C31H28N6O/c32-29-28-27(25-19-23-11-6-12-24(26(23)34-25)20-7-2-1-3-8-20)35-30(37(28)18-15-33-29)21-13-16-36(17-14-21)31(38)22-9-4-5-10-22/h1-4,6-12,15,18-19,21,34H,5,13-14,16-17H2,(H2,32,33). The van der Waals surface area contributed by atoms with E-state index in [9.17, 15) is 4.79 Å². The second kappa shape index (κ2) is 9.03. The molecule has 0 saturated carbocycles. The number of nitrogens with one attached hydrogen (secondary N) is 1. The van der Waals surface area contributed by atoms with Gasteiger partial charge in [-0.1, -0.05) is 66.8 Å². The lowest BCUT2D eigenvalue weighted by Crippen LogP contribution is -2.38. The molecule has 1 saturated heterocycles. The van der Waals surface area contributed by atoms with E-state index in [4.69, 9.17) is 10.7 Å². The highest BCUT2D eigenvalue weighted by atomic mass is 16.2. The Labute approximate surface area is 220 Å². The molecule has 3 N–H and O–H groups in total. The highest BCUT2D eigenvalue weighted by Gasteiger charge is 2.29. The van der Waals surface area contributed by atoms with Crippen molar-refractivity contribution in [3.05, 3.63) is 96.6 Å². The number of aromatic amines is 1. The minimum absolute atomic E-state index is 0.131. The summed E-state index contributed by atoms with van der Waals surface area (Å²) in [5, 5.41) is 1.12. The third-order valence-corrected chi connectivity index (χ3v) is 7.77. The van der Waals surface area contributed by atoms with Gasteiger partial charge in [0.2, 0.25) is 0 Å². The average molecular weight is 501 g/mol. The first-order valence-electron chi connectivity index (χ1n) is 13.1. The Kier molecular flexibility index (Phi) is 5.35. The summed E-state index contributed by atoms with van der Waals surface area (Å²) in [5.41, 5.74) is 13.2. The van der Waals surface area contributed by atoms with E-state index < -0.39 is 0 Å². The second-order valence-electron chi connectivity index (χ2n) is 10.0. The number of benzene rings is 2. The molecule has 0 radical (unpaired) electrons. The van der Waals surface area contributed by atoms with Crippen molar-refractivity contribution in [2.24, 2.45) is 0 Å². The molecule has 7 nitrogen and oxygen atoms in total. The van der Waals surface area contributed by atoms with Gasteiger partial charge in [0.15, 0.2) is 0 Å². The molecule has 0 atom stereocenters. The zero-order valence-corrected chi connectivity index (χ0v) is 21.0. The van der Waals surface area contributed by atoms with Crippen LogP contribution in [0.2, 0.25) is 0 Å². The van der Waals surface area contributed by atoms with Crippen molar-refractivity contribution in [1.29, 1.82) is 0 Å². The Morgan fingerprint density at radius 2 is 1.89 bits per heavy atom. The first-order chi connectivity index (χ1) is 18.7. The van der Waals surface area contributed by atoms with Crippen molar-refractivity contribution in [3.63, 3.8) is 0 Å². The zero-order valence-electron chi connectivity index (χ0n) is 21.0. The number of nitrogen functional groups attached to an aromatic ring is 1. The van der Waals surface area contributed by atoms with Gasteiger partial charge in [-0.2, -0.15) is 0 Å². The first kappa shape index (κ1) is 22.5. The van der Waals surface area contributed by atoms with Crippen molar-refractivity contribution in [3.8, 4) is 22.5 Å². The largest absolute Gasteiger partial charge is 0.382 e. The lowest BCUT2D eigenvalue weighted by atomic mass is 9.95. The van der Waals surface area contributed by atoms with Gasteiger partial charge in [0.1, 0.15) is 22.9 Å². The average Bonchev–Trinajstić information content (AvgIpc) is 3.72. The van der Waals surface area contributed by atoms with Gasteiger partial charge >= 0.3 is 0 Å². The molecule has 188 valence electrons. The summed E-state index contributed by atoms with van der Waals surface area (Å²) in [7, 11) is 0. The van der Waals surface area contributed by atoms with E-state index in [0.29, 0.717) is 18.9 Å². The predicted octanol–water partition coefficient (Wildman–Crippen LogP) is 5.72. The van der Waals surface area contributed by atoms with Crippen LogP contribution in [0.15, 0.2) is 90.8 Å². The number of allylic oxidation sites excluding steroid dienone is 2. The highest BCUT2D eigenvalue weighted by Crippen LogP contribution is 2.37. The van der Waals surface area contributed by atoms with E-state index in [1.807, 2.05) is 35.4 Å². The lowest BCUT2D eigenvalue weighted by molar-refractivity contribution is -0.127. The van der Waals surface area contributed by atoms with Gasteiger partial charge in [0.05, 0.1) is 11.2 Å². The Bertz CT molecular complexity index is 1730. The summed E-state index contributed by atoms with van der Waals surface area (Å²) in [6.45, 7) is 1.43. The summed E-state index contributed by atoms with van der Waals surface area (Å²) in [6.07, 6.45) is 12.2. The lowest BCUT2D eigenvalue weighted by Gasteiger charge is -2.31. The Balaban J connectivity index is 1.26. The normalized spacial score (nSPS) is 16.0. The summed E-state index contributed by atoms with van der Waals surface area (Å²) in [6, 6.07) is 18.9. The van der Waals surface area contributed by atoms with Crippen molar-refractivity contribution in [2.75, 3.05) is 18.8 Å². The van der Waals surface area contributed by atoms with Crippen LogP contribution in [0.4, 0.5) is 5.82 Å². The molecule has 2 aliphatic rings. The molecule has 4 heterocycles. The summed E-state index contributed by atoms with van der Waals surface area (Å²) in [4.78, 5) is 28.0. The van der Waals surface area contributed by atoms with Gasteiger partial charge in [-0.25, -0.2) is 9.97 Å². The van der Waals surface area contributed by atoms with Crippen LogP contribution in [-0.2, 0) is 4.79 Å². The number of anilines is 1. The smallest absolute Gasteiger partial charge is 0.253 e. The number of para-hydroxylation sites is 1. The van der Waals surface area contributed by atoms with Gasteiger partial charge in [-0.05, 0) is 30.9 Å². The van der Waals surface area contributed by atoms with Crippen LogP contribution in [0.25, 0.3) is 38.9 Å². The number of aromatic nitrogens is 4. The second-order valence-corrected chi connectivity index (χ2v) is 10.0. The van der Waals surface area contributed by atoms with Crippen molar-refractivity contribution in [2.45, 2.75) is 25.2 Å². The summed E-state index contributed by atoms with van der Waals surface area (Å²) >= 11 is 0. The van der Waals surface area contributed by atoms with E-state index >= 15 is 0 Å². The topological polar surface area (TPSA) is 92.3 Å². The minimum atomic E-state index is 0.131. The maximum absolute atomic E-state index is 12.9. The van der Waals surface area contributed by atoms with Crippen LogP contribution in [0.5, 0.6) is 0 Å². The third-order valence-electron chi connectivity index (χ3n) is 7.77. The van der Waals surface area contributed by atoms with Crippen LogP contribution >= 0.6 is 0 Å². The molecule has 7 heteroatoms.